The second-order valence-electron chi connectivity index (χ2n) is 8.76. The lowest BCUT2D eigenvalue weighted by Crippen LogP contribution is -2.22. The van der Waals surface area contributed by atoms with Gasteiger partial charge in [-0.2, -0.15) is 10.4 Å². The van der Waals surface area contributed by atoms with Crippen LogP contribution in [0.4, 0.5) is 0 Å². The van der Waals surface area contributed by atoms with Crippen LogP contribution in [-0.2, 0) is 17.9 Å². The maximum atomic E-state index is 11.8. The van der Waals surface area contributed by atoms with Gasteiger partial charge in [0.2, 0.25) is 0 Å². The molecule has 0 saturated heterocycles. The molecule has 1 atom stereocenters. The number of hydrogen-bond donors (Lipinski definition) is 2. The Morgan fingerprint density at radius 2 is 2.18 bits per heavy atom. The first-order valence-electron chi connectivity index (χ1n) is 11.1. The zero-order valence-corrected chi connectivity index (χ0v) is 18.6. The number of carbonyl (C=O) groups is 1. The van der Waals surface area contributed by atoms with Crippen LogP contribution < -0.4 is 5.32 Å². The molecule has 2 aliphatic rings. The SMILES string of the molecule is Cc1cc(-n2cc(CNC[C@H](O)c3ccc4c(c3C)COC4=O)c(C3CC3)n2)ncc1C#N. The number of nitrogens with one attached hydrogen (secondary N) is 1. The Morgan fingerprint density at radius 3 is 2.91 bits per heavy atom. The fraction of sp³-hybridized carbons (Fsp3) is 0.360. The molecule has 8 heteroatoms. The van der Waals surface area contributed by atoms with Gasteiger partial charge in [0, 0.05) is 42.5 Å². The van der Waals surface area contributed by atoms with Gasteiger partial charge in [-0.3, -0.25) is 0 Å². The largest absolute Gasteiger partial charge is 0.457 e. The highest BCUT2D eigenvalue weighted by atomic mass is 16.5. The van der Waals surface area contributed by atoms with E-state index in [4.69, 9.17) is 15.1 Å². The first kappa shape index (κ1) is 21.3. The van der Waals surface area contributed by atoms with E-state index in [0.29, 0.717) is 36.0 Å². The molecule has 3 aromatic rings. The average Bonchev–Trinajstić information content (AvgIpc) is 3.45. The maximum Gasteiger partial charge on any atom is 0.338 e. The lowest BCUT2D eigenvalue weighted by Gasteiger charge is -2.16. The summed E-state index contributed by atoms with van der Waals surface area (Å²) < 4.78 is 6.89. The van der Waals surface area contributed by atoms with Crippen molar-refractivity contribution in [2.24, 2.45) is 0 Å². The summed E-state index contributed by atoms with van der Waals surface area (Å²) >= 11 is 0. The van der Waals surface area contributed by atoms with Gasteiger partial charge in [-0.15, -0.1) is 0 Å². The number of rotatable bonds is 7. The van der Waals surface area contributed by atoms with Gasteiger partial charge >= 0.3 is 5.97 Å². The smallest absolute Gasteiger partial charge is 0.338 e. The topological polar surface area (TPSA) is 113 Å². The van der Waals surface area contributed by atoms with E-state index in [1.165, 1.54) is 0 Å². The first-order valence-corrected chi connectivity index (χ1v) is 11.1. The molecule has 3 heterocycles. The van der Waals surface area contributed by atoms with Crippen molar-refractivity contribution in [3.8, 4) is 11.9 Å². The molecule has 5 rings (SSSR count). The number of benzene rings is 1. The highest BCUT2D eigenvalue weighted by molar-refractivity contribution is 5.93. The Labute approximate surface area is 191 Å². The summed E-state index contributed by atoms with van der Waals surface area (Å²) in [6, 6.07) is 7.55. The zero-order valence-electron chi connectivity index (χ0n) is 18.6. The van der Waals surface area contributed by atoms with Gasteiger partial charge in [0.1, 0.15) is 12.7 Å². The van der Waals surface area contributed by atoms with Crippen LogP contribution in [0, 0.1) is 25.2 Å². The number of aliphatic hydroxyl groups is 1. The molecule has 1 fully saturated rings. The summed E-state index contributed by atoms with van der Waals surface area (Å²) in [4.78, 5) is 16.1. The minimum atomic E-state index is -0.701. The number of fused-ring (bicyclic) bond motifs is 1. The monoisotopic (exact) mass is 443 g/mol. The van der Waals surface area contributed by atoms with Crippen molar-refractivity contribution < 1.29 is 14.6 Å². The van der Waals surface area contributed by atoms with Crippen LogP contribution in [0.5, 0.6) is 0 Å². The van der Waals surface area contributed by atoms with Gasteiger partial charge in [-0.05, 0) is 55.5 Å². The van der Waals surface area contributed by atoms with Crippen molar-refractivity contribution in [3.05, 3.63) is 75.2 Å². The van der Waals surface area contributed by atoms with Crippen molar-refractivity contribution in [3.63, 3.8) is 0 Å². The van der Waals surface area contributed by atoms with Gasteiger partial charge in [0.15, 0.2) is 5.82 Å². The van der Waals surface area contributed by atoms with Gasteiger partial charge in [-0.25, -0.2) is 14.5 Å². The van der Waals surface area contributed by atoms with Gasteiger partial charge < -0.3 is 15.2 Å². The van der Waals surface area contributed by atoms with Crippen LogP contribution in [0.3, 0.4) is 0 Å². The molecule has 1 saturated carbocycles. The Bertz CT molecular complexity index is 1290. The summed E-state index contributed by atoms with van der Waals surface area (Å²) in [5.74, 6) is 0.845. The predicted octanol–water partition coefficient (Wildman–Crippen LogP) is 3.13. The third-order valence-electron chi connectivity index (χ3n) is 6.46. The number of esters is 1. The lowest BCUT2D eigenvalue weighted by atomic mass is 9.95. The Morgan fingerprint density at radius 1 is 1.36 bits per heavy atom. The van der Waals surface area contributed by atoms with E-state index in [2.05, 4.69) is 16.4 Å². The Balaban J connectivity index is 1.30. The Kier molecular flexibility index (Phi) is 5.44. The highest BCUT2D eigenvalue weighted by Crippen LogP contribution is 2.41. The quantitative estimate of drug-likeness (QED) is 0.540. The van der Waals surface area contributed by atoms with Crippen molar-refractivity contribution in [2.45, 2.75) is 51.9 Å². The third kappa shape index (κ3) is 4.01. The summed E-state index contributed by atoms with van der Waals surface area (Å²) in [6.07, 6.45) is 5.11. The van der Waals surface area contributed by atoms with Crippen LogP contribution in [-0.4, -0.2) is 32.4 Å². The number of hydrogen-bond acceptors (Lipinski definition) is 7. The van der Waals surface area contributed by atoms with E-state index in [0.717, 1.165) is 46.4 Å². The van der Waals surface area contributed by atoms with Gasteiger partial charge in [-0.1, -0.05) is 6.07 Å². The maximum absolute atomic E-state index is 11.8. The number of pyridine rings is 1. The van der Waals surface area contributed by atoms with E-state index < -0.39 is 6.10 Å². The van der Waals surface area contributed by atoms with E-state index in [1.807, 2.05) is 26.1 Å². The van der Waals surface area contributed by atoms with Gasteiger partial charge in [0.25, 0.3) is 0 Å². The number of aryl methyl sites for hydroxylation is 1. The number of nitriles is 1. The molecule has 2 aromatic heterocycles. The number of ether oxygens (including phenoxy) is 1. The molecular weight excluding hydrogens is 418 g/mol. The molecule has 1 aromatic carbocycles. The molecule has 0 spiro atoms. The van der Waals surface area contributed by atoms with Crippen LogP contribution in [0.25, 0.3) is 5.82 Å². The second kappa shape index (κ2) is 8.43. The predicted molar refractivity (Wildman–Crippen MR) is 120 cm³/mol. The molecule has 1 aliphatic heterocycles. The molecule has 168 valence electrons. The van der Waals surface area contributed by atoms with E-state index in [1.54, 1.807) is 23.0 Å². The normalized spacial score (nSPS) is 15.8. The fourth-order valence-corrected chi connectivity index (χ4v) is 4.34. The fourth-order valence-electron chi connectivity index (χ4n) is 4.34. The molecule has 0 amide bonds. The van der Waals surface area contributed by atoms with E-state index >= 15 is 0 Å². The first-order chi connectivity index (χ1) is 16.0. The molecule has 2 N–H and O–H groups in total. The highest BCUT2D eigenvalue weighted by Gasteiger charge is 2.30. The molecule has 1 aliphatic carbocycles. The number of aliphatic hydroxyl groups excluding tert-OH is 1. The summed E-state index contributed by atoms with van der Waals surface area (Å²) in [5.41, 5.74) is 6.72. The third-order valence-corrected chi connectivity index (χ3v) is 6.46. The minimum Gasteiger partial charge on any atom is -0.457 e. The van der Waals surface area contributed by atoms with Crippen LogP contribution in [0.2, 0.25) is 0 Å². The van der Waals surface area contributed by atoms with Crippen LogP contribution >= 0.6 is 0 Å². The van der Waals surface area contributed by atoms with Gasteiger partial charge in [0.05, 0.1) is 22.9 Å². The number of cyclic esters (lactones) is 1. The van der Waals surface area contributed by atoms with Crippen LogP contribution in [0.15, 0.2) is 30.6 Å². The van der Waals surface area contributed by atoms with Crippen molar-refractivity contribution >= 4 is 5.97 Å². The summed E-state index contributed by atoms with van der Waals surface area (Å²) in [6.45, 7) is 5.02. The van der Waals surface area contributed by atoms with Crippen LogP contribution in [0.1, 0.15) is 74.3 Å². The van der Waals surface area contributed by atoms with E-state index in [9.17, 15) is 9.90 Å². The summed E-state index contributed by atoms with van der Waals surface area (Å²) in [5, 5.41) is 28.1. The minimum absolute atomic E-state index is 0.265. The standard InChI is InChI=1S/C25H25N5O3/c1-14-7-23(28-10-17(14)8-26)30-12-18(24(29-30)16-3-4-16)9-27-11-22(31)19-5-6-20-21(15(19)2)13-33-25(20)32/h5-7,10,12,16,22,27,31H,3-4,9,11,13H2,1-2H3/t22-/m0/s1. The molecule has 0 radical (unpaired) electrons. The van der Waals surface area contributed by atoms with Crippen molar-refractivity contribution in [1.82, 2.24) is 20.1 Å². The molecule has 33 heavy (non-hydrogen) atoms. The van der Waals surface area contributed by atoms with Crippen molar-refractivity contribution in [1.29, 1.82) is 5.26 Å². The molecule has 8 nitrogen and oxygen atoms in total. The molecular formula is C25H25N5O3. The second-order valence-corrected chi connectivity index (χ2v) is 8.76. The zero-order chi connectivity index (χ0) is 23.1. The number of aromatic nitrogens is 3. The van der Waals surface area contributed by atoms with E-state index in [-0.39, 0.29) is 12.6 Å². The number of carbonyl (C=O) groups excluding carboxylic acids is 1. The lowest BCUT2D eigenvalue weighted by molar-refractivity contribution is 0.0535. The number of nitrogens with zero attached hydrogens (tertiary/aromatic N) is 4. The molecule has 0 bridgehead atoms. The van der Waals surface area contributed by atoms with Crippen molar-refractivity contribution in [2.75, 3.05) is 6.54 Å². The summed E-state index contributed by atoms with van der Waals surface area (Å²) in [7, 11) is 0. The molecule has 0 unspecified atom stereocenters. The Hall–Kier alpha value is -3.54. The average molecular weight is 444 g/mol.